The molecule has 4 nitrogen and oxygen atoms in total. The number of anilines is 2. The Hall–Kier alpha value is -3.18. The van der Waals surface area contributed by atoms with Crippen LogP contribution in [0.15, 0.2) is 54.6 Å². The number of aryl methyl sites for hydroxylation is 1. The topological polar surface area (TPSA) is 62.2 Å². The smallest absolute Gasteiger partial charge is 0.231 e. The van der Waals surface area contributed by atoms with Gasteiger partial charge in [0.05, 0.1) is 4.88 Å². The van der Waals surface area contributed by atoms with E-state index in [9.17, 15) is 9.90 Å². The van der Waals surface area contributed by atoms with Crippen LogP contribution in [0.1, 0.15) is 21.6 Å². The van der Waals surface area contributed by atoms with E-state index in [1.807, 2.05) is 61.5 Å². The van der Waals surface area contributed by atoms with Crippen LogP contribution in [0.2, 0.25) is 0 Å². The first-order valence-electron chi connectivity index (χ1n) is 8.17. The summed E-state index contributed by atoms with van der Waals surface area (Å²) in [6.07, 6.45) is 5.07. The summed E-state index contributed by atoms with van der Waals surface area (Å²) in [7, 11) is 0. The van der Waals surface area contributed by atoms with Gasteiger partial charge in [0, 0.05) is 11.3 Å². The molecular weight excluding hydrogens is 344 g/mol. The highest BCUT2D eigenvalue weighted by atomic mass is 32.1. The van der Waals surface area contributed by atoms with Crippen LogP contribution in [0.4, 0.5) is 10.8 Å². The molecular formula is C21H16N2O2S. The molecule has 26 heavy (non-hydrogen) atoms. The minimum atomic E-state index is -0.0857. The predicted molar refractivity (Wildman–Crippen MR) is 107 cm³/mol. The maximum Gasteiger partial charge on any atom is 0.231 e. The molecule has 1 heterocycles. The third kappa shape index (κ3) is 3.17. The van der Waals surface area contributed by atoms with Gasteiger partial charge in [-0.3, -0.25) is 4.79 Å². The maximum atomic E-state index is 12.3. The predicted octanol–water partition coefficient (Wildman–Crippen LogP) is 5.04. The molecule has 0 amide bonds. The second kappa shape index (κ2) is 6.61. The lowest BCUT2D eigenvalue weighted by Gasteiger charge is -2.12. The van der Waals surface area contributed by atoms with Crippen molar-refractivity contribution in [3.63, 3.8) is 0 Å². The quantitative estimate of drug-likeness (QED) is 0.643. The molecule has 0 bridgehead atoms. The van der Waals surface area contributed by atoms with Crippen LogP contribution in [0.25, 0.3) is 17.7 Å². The minimum Gasteiger partial charge on any atom is -0.492 e. The normalized spacial score (nSPS) is 14.5. The first-order chi connectivity index (χ1) is 12.6. The number of hydrogen-bond acceptors (Lipinski definition) is 5. The van der Waals surface area contributed by atoms with Crippen LogP contribution in [-0.4, -0.2) is 15.9 Å². The number of carbonyl (C=O) groups excluding carboxylic acids is 1. The Morgan fingerprint density at radius 2 is 1.96 bits per heavy atom. The molecule has 3 aromatic rings. The lowest BCUT2D eigenvalue weighted by atomic mass is 9.91. The Bertz CT molecular complexity index is 1060. The highest BCUT2D eigenvalue weighted by Gasteiger charge is 2.18. The number of allylic oxidation sites excluding steroid dienone is 2. The fraction of sp³-hybridized carbons (Fsp3) is 0.0476. The number of rotatable bonds is 3. The van der Waals surface area contributed by atoms with Gasteiger partial charge in [-0.1, -0.05) is 53.8 Å². The molecule has 1 aliphatic rings. The number of thiazole rings is 1. The zero-order valence-electron chi connectivity index (χ0n) is 14.1. The summed E-state index contributed by atoms with van der Waals surface area (Å²) in [5.41, 5.74) is 4.44. The summed E-state index contributed by atoms with van der Waals surface area (Å²) in [6, 6.07) is 15.6. The van der Waals surface area contributed by atoms with Crippen molar-refractivity contribution in [2.24, 2.45) is 0 Å². The van der Waals surface area contributed by atoms with E-state index in [1.54, 1.807) is 12.2 Å². The van der Waals surface area contributed by atoms with Crippen LogP contribution in [0, 0.1) is 6.92 Å². The number of nitrogens with zero attached hydrogens (tertiary/aromatic N) is 1. The van der Waals surface area contributed by atoms with Gasteiger partial charge in [0.25, 0.3) is 0 Å². The maximum absolute atomic E-state index is 12.3. The average molecular weight is 360 g/mol. The zero-order valence-corrected chi connectivity index (χ0v) is 14.9. The number of nitrogens with one attached hydrogen (secondary N) is 1. The van der Waals surface area contributed by atoms with Gasteiger partial charge < -0.3 is 10.4 Å². The number of hydrogen-bond donors (Lipinski definition) is 2. The molecule has 2 aromatic carbocycles. The summed E-state index contributed by atoms with van der Waals surface area (Å²) >= 11 is 1.31. The summed E-state index contributed by atoms with van der Waals surface area (Å²) in [5.74, 6) is -0.165. The summed E-state index contributed by atoms with van der Waals surface area (Å²) in [6.45, 7) is 2.01. The standard InChI is InChI=1S/C21H16N2O2S/c1-13-5-4-7-15(11-13)22-21-23-20(25)19(26-21)12-17-16-8-3-2-6-14(16)9-10-18(17)24/h2-12,25H,1H3,(H,22,23). The van der Waals surface area contributed by atoms with Crippen LogP contribution >= 0.6 is 11.3 Å². The molecule has 5 heteroatoms. The SMILES string of the molecule is Cc1cccc(Nc2nc(O)c(C=C3C(=O)C=Cc4ccccc43)s2)c1. The van der Waals surface area contributed by atoms with E-state index in [1.165, 1.54) is 11.3 Å². The molecule has 1 aromatic heterocycles. The van der Waals surface area contributed by atoms with Gasteiger partial charge in [-0.15, -0.1) is 0 Å². The first kappa shape index (κ1) is 16.3. The lowest BCUT2D eigenvalue weighted by Crippen LogP contribution is -2.04. The molecule has 0 saturated carbocycles. The molecule has 0 unspecified atom stereocenters. The molecule has 0 radical (unpaired) electrons. The number of aromatic nitrogens is 1. The van der Waals surface area contributed by atoms with Crippen molar-refractivity contribution in [3.8, 4) is 5.88 Å². The third-order valence-electron chi connectivity index (χ3n) is 4.11. The van der Waals surface area contributed by atoms with Crippen LogP contribution in [0.3, 0.4) is 0 Å². The lowest BCUT2D eigenvalue weighted by molar-refractivity contribution is -0.109. The average Bonchev–Trinajstić information content (AvgIpc) is 2.96. The van der Waals surface area contributed by atoms with Crippen molar-refractivity contribution in [1.82, 2.24) is 4.98 Å². The van der Waals surface area contributed by atoms with Crippen molar-refractivity contribution in [2.75, 3.05) is 5.32 Å². The second-order valence-electron chi connectivity index (χ2n) is 6.04. The summed E-state index contributed by atoms with van der Waals surface area (Å²) < 4.78 is 0. The Kier molecular flexibility index (Phi) is 4.14. The second-order valence-corrected chi connectivity index (χ2v) is 7.07. The van der Waals surface area contributed by atoms with Crippen molar-refractivity contribution in [1.29, 1.82) is 0 Å². The first-order valence-corrected chi connectivity index (χ1v) is 8.99. The molecule has 0 fully saturated rings. The van der Waals surface area contributed by atoms with Gasteiger partial charge in [-0.05, 0) is 47.9 Å². The molecule has 2 N–H and O–H groups in total. The number of carbonyl (C=O) groups is 1. The molecule has 0 atom stereocenters. The number of fused-ring (bicyclic) bond motifs is 1. The molecule has 1 aliphatic carbocycles. The molecule has 0 spiro atoms. The number of ketones is 1. The monoisotopic (exact) mass is 360 g/mol. The molecule has 0 saturated heterocycles. The van der Waals surface area contributed by atoms with E-state index in [0.717, 1.165) is 22.4 Å². The van der Waals surface area contributed by atoms with Crippen molar-refractivity contribution < 1.29 is 9.90 Å². The Balaban J connectivity index is 1.69. The fourth-order valence-corrected chi connectivity index (χ4v) is 3.70. The number of benzene rings is 2. The number of aromatic hydroxyl groups is 1. The fourth-order valence-electron chi connectivity index (χ4n) is 2.87. The Morgan fingerprint density at radius 3 is 2.81 bits per heavy atom. The van der Waals surface area contributed by atoms with Crippen LogP contribution in [0.5, 0.6) is 5.88 Å². The van der Waals surface area contributed by atoms with Gasteiger partial charge in [0.15, 0.2) is 10.9 Å². The van der Waals surface area contributed by atoms with Crippen LogP contribution in [-0.2, 0) is 4.79 Å². The van der Waals surface area contributed by atoms with Gasteiger partial charge >= 0.3 is 0 Å². The van der Waals surface area contributed by atoms with Crippen LogP contribution < -0.4 is 5.32 Å². The molecule has 128 valence electrons. The highest BCUT2D eigenvalue weighted by molar-refractivity contribution is 7.16. The largest absolute Gasteiger partial charge is 0.492 e. The van der Waals surface area contributed by atoms with Crippen molar-refractivity contribution in [3.05, 3.63) is 76.2 Å². The minimum absolute atomic E-state index is 0.0790. The highest BCUT2D eigenvalue weighted by Crippen LogP contribution is 2.35. The summed E-state index contributed by atoms with van der Waals surface area (Å²) in [5, 5.41) is 14.0. The van der Waals surface area contributed by atoms with E-state index in [-0.39, 0.29) is 11.7 Å². The Morgan fingerprint density at radius 1 is 1.12 bits per heavy atom. The van der Waals surface area contributed by atoms with Crippen molar-refractivity contribution >= 4 is 45.7 Å². The van der Waals surface area contributed by atoms with Crippen molar-refractivity contribution in [2.45, 2.75) is 6.92 Å². The van der Waals surface area contributed by atoms with Gasteiger partial charge in [0.2, 0.25) is 5.88 Å². The Labute approximate surface area is 155 Å². The van der Waals surface area contributed by atoms with E-state index in [4.69, 9.17) is 0 Å². The van der Waals surface area contributed by atoms with Gasteiger partial charge in [0.1, 0.15) is 0 Å². The van der Waals surface area contributed by atoms with E-state index < -0.39 is 0 Å². The van der Waals surface area contributed by atoms with E-state index in [0.29, 0.717) is 15.6 Å². The third-order valence-corrected chi connectivity index (χ3v) is 5.02. The van der Waals surface area contributed by atoms with Gasteiger partial charge in [-0.2, -0.15) is 4.98 Å². The summed E-state index contributed by atoms with van der Waals surface area (Å²) in [4.78, 5) is 17.1. The van der Waals surface area contributed by atoms with E-state index >= 15 is 0 Å². The van der Waals surface area contributed by atoms with E-state index in [2.05, 4.69) is 10.3 Å². The zero-order chi connectivity index (χ0) is 18.1. The molecule has 4 rings (SSSR count). The van der Waals surface area contributed by atoms with Gasteiger partial charge in [-0.25, -0.2) is 0 Å². The molecule has 0 aliphatic heterocycles.